The molecular formula is C10H19NO. The molecule has 0 aromatic rings. The van der Waals surface area contributed by atoms with Crippen LogP contribution in [0.3, 0.4) is 0 Å². The van der Waals surface area contributed by atoms with Gasteiger partial charge in [0.15, 0.2) is 0 Å². The van der Waals surface area contributed by atoms with Gasteiger partial charge in [0.2, 0.25) is 0 Å². The molecular weight excluding hydrogens is 150 g/mol. The van der Waals surface area contributed by atoms with E-state index < -0.39 is 0 Å². The van der Waals surface area contributed by atoms with Gasteiger partial charge in [-0.05, 0) is 50.4 Å². The predicted octanol–water partition coefficient (Wildman–Crippen LogP) is 1.28. The number of hydrogen-bond acceptors (Lipinski definition) is 2. The molecule has 3 N–H and O–H groups in total. The highest BCUT2D eigenvalue weighted by Gasteiger charge is 2.46. The summed E-state index contributed by atoms with van der Waals surface area (Å²) in [5, 5.41) is 8.96. The molecule has 2 aliphatic carbocycles. The van der Waals surface area contributed by atoms with E-state index in [4.69, 9.17) is 10.8 Å². The minimum atomic E-state index is 0.223. The van der Waals surface area contributed by atoms with Crippen molar-refractivity contribution in [1.29, 1.82) is 0 Å². The van der Waals surface area contributed by atoms with Crippen molar-refractivity contribution in [2.24, 2.45) is 17.6 Å². The SMILES string of the molecule is NC1(C2CCC(CO)CC2)CC1. The van der Waals surface area contributed by atoms with Gasteiger partial charge in [-0.15, -0.1) is 0 Å². The first-order valence-electron chi connectivity index (χ1n) is 5.14. The molecule has 12 heavy (non-hydrogen) atoms. The summed E-state index contributed by atoms with van der Waals surface area (Å²) in [6.45, 7) is 0.379. The fourth-order valence-corrected chi connectivity index (χ4v) is 2.47. The Morgan fingerprint density at radius 3 is 2.17 bits per heavy atom. The zero-order chi connectivity index (χ0) is 8.60. The van der Waals surface area contributed by atoms with Crippen LogP contribution in [0, 0.1) is 11.8 Å². The first kappa shape index (κ1) is 8.52. The first-order valence-corrected chi connectivity index (χ1v) is 5.14. The largest absolute Gasteiger partial charge is 0.396 e. The average molecular weight is 169 g/mol. The average Bonchev–Trinajstić information content (AvgIpc) is 2.85. The highest BCUT2D eigenvalue weighted by atomic mass is 16.3. The summed E-state index contributed by atoms with van der Waals surface area (Å²) in [4.78, 5) is 0. The van der Waals surface area contributed by atoms with Crippen molar-refractivity contribution in [3.05, 3.63) is 0 Å². The van der Waals surface area contributed by atoms with Crippen molar-refractivity contribution >= 4 is 0 Å². The molecule has 2 rings (SSSR count). The monoisotopic (exact) mass is 169 g/mol. The van der Waals surface area contributed by atoms with Crippen LogP contribution in [0.25, 0.3) is 0 Å². The molecule has 2 fully saturated rings. The minimum absolute atomic E-state index is 0.223. The normalized spacial score (nSPS) is 39.5. The lowest BCUT2D eigenvalue weighted by atomic mass is 9.78. The third-order valence-electron chi connectivity index (χ3n) is 3.75. The number of nitrogens with two attached hydrogens (primary N) is 1. The standard InChI is InChI=1S/C10H19NO/c11-10(5-6-10)9-3-1-8(7-12)2-4-9/h8-9,12H,1-7,11H2. The van der Waals surface area contributed by atoms with E-state index in [1.54, 1.807) is 0 Å². The lowest BCUT2D eigenvalue weighted by Crippen LogP contribution is -2.35. The maximum Gasteiger partial charge on any atom is 0.0459 e. The van der Waals surface area contributed by atoms with Crippen LogP contribution in [-0.2, 0) is 0 Å². The van der Waals surface area contributed by atoms with Gasteiger partial charge >= 0.3 is 0 Å². The van der Waals surface area contributed by atoms with Gasteiger partial charge in [0.05, 0.1) is 0 Å². The first-order chi connectivity index (χ1) is 5.74. The third kappa shape index (κ3) is 1.50. The molecule has 0 aliphatic heterocycles. The topological polar surface area (TPSA) is 46.2 Å². The molecule has 0 unspecified atom stereocenters. The molecule has 0 atom stereocenters. The summed E-state index contributed by atoms with van der Waals surface area (Å²) >= 11 is 0. The Hall–Kier alpha value is -0.0800. The van der Waals surface area contributed by atoms with Gasteiger partial charge in [0.25, 0.3) is 0 Å². The van der Waals surface area contributed by atoms with E-state index in [1.165, 1.54) is 38.5 Å². The summed E-state index contributed by atoms with van der Waals surface area (Å²) in [6, 6.07) is 0. The number of rotatable bonds is 2. The van der Waals surface area contributed by atoms with Crippen molar-refractivity contribution < 1.29 is 5.11 Å². The van der Waals surface area contributed by atoms with Gasteiger partial charge in [0.1, 0.15) is 0 Å². The Labute approximate surface area is 74.1 Å². The predicted molar refractivity (Wildman–Crippen MR) is 48.7 cm³/mol. The van der Waals surface area contributed by atoms with Crippen molar-refractivity contribution in [2.75, 3.05) is 6.61 Å². The molecule has 0 saturated heterocycles. The van der Waals surface area contributed by atoms with Crippen molar-refractivity contribution in [3.63, 3.8) is 0 Å². The number of aliphatic hydroxyl groups is 1. The summed E-state index contributed by atoms with van der Waals surface area (Å²) < 4.78 is 0. The molecule has 70 valence electrons. The fourth-order valence-electron chi connectivity index (χ4n) is 2.47. The summed E-state index contributed by atoms with van der Waals surface area (Å²) in [7, 11) is 0. The minimum Gasteiger partial charge on any atom is -0.396 e. The summed E-state index contributed by atoms with van der Waals surface area (Å²) in [5.74, 6) is 1.34. The van der Waals surface area contributed by atoms with Crippen LogP contribution in [-0.4, -0.2) is 17.3 Å². The Morgan fingerprint density at radius 1 is 1.17 bits per heavy atom. The fraction of sp³-hybridized carbons (Fsp3) is 1.00. The highest BCUT2D eigenvalue weighted by molar-refractivity contribution is 5.04. The lowest BCUT2D eigenvalue weighted by molar-refractivity contribution is 0.154. The number of aliphatic hydroxyl groups excluding tert-OH is 1. The van der Waals surface area contributed by atoms with E-state index in [2.05, 4.69) is 0 Å². The van der Waals surface area contributed by atoms with Gasteiger partial charge in [-0.1, -0.05) is 0 Å². The van der Waals surface area contributed by atoms with E-state index in [9.17, 15) is 0 Å². The molecule has 0 amide bonds. The van der Waals surface area contributed by atoms with Crippen LogP contribution in [0.1, 0.15) is 38.5 Å². The van der Waals surface area contributed by atoms with E-state index in [0.717, 1.165) is 5.92 Å². The lowest BCUT2D eigenvalue weighted by Gasteiger charge is -2.31. The Balaban J connectivity index is 1.82. The molecule has 2 nitrogen and oxygen atoms in total. The molecule has 2 saturated carbocycles. The van der Waals surface area contributed by atoms with Crippen LogP contribution < -0.4 is 5.73 Å². The van der Waals surface area contributed by atoms with Crippen LogP contribution in [0.15, 0.2) is 0 Å². The zero-order valence-electron chi connectivity index (χ0n) is 7.63. The van der Waals surface area contributed by atoms with Crippen LogP contribution in [0.5, 0.6) is 0 Å². The maximum atomic E-state index is 8.96. The second-order valence-electron chi connectivity index (χ2n) is 4.63. The van der Waals surface area contributed by atoms with Gasteiger partial charge < -0.3 is 10.8 Å². The van der Waals surface area contributed by atoms with Crippen molar-refractivity contribution in [1.82, 2.24) is 0 Å². The van der Waals surface area contributed by atoms with Crippen molar-refractivity contribution in [2.45, 2.75) is 44.1 Å². The molecule has 0 radical (unpaired) electrons. The summed E-state index contributed by atoms with van der Waals surface area (Å²) in [6.07, 6.45) is 7.37. The van der Waals surface area contributed by atoms with Crippen molar-refractivity contribution in [3.8, 4) is 0 Å². The van der Waals surface area contributed by atoms with E-state index in [0.29, 0.717) is 12.5 Å². The van der Waals surface area contributed by atoms with Gasteiger partial charge in [-0.25, -0.2) is 0 Å². The number of hydrogen-bond donors (Lipinski definition) is 2. The van der Waals surface area contributed by atoms with E-state index in [1.807, 2.05) is 0 Å². The van der Waals surface area contributed by atoms with E-state index >= 15 is 0 Å². The van der Waals surface area contributed by atoms with Gasteiger partial charge in [-0.2, -0.15) is 0 Å². The quantitative estimate of drug-likeness (QED) is 0.654. The Morgan fingerprint density at radius 2 is 1.75 bits per heavy atom. The van der Waals surface area contributed by atoms with Crippen LogP contribution in [0.4, 0.5) is 0 Å². The second-order valence-corrected chi connectivity index (χ2v) is 4.63. The molecule has 0 aromatic carbocycles. The summed E-state index contributed by atoms with van der Waals surface area (Å²) in [5.41, 5.74) is 6.37. The Bertz CT molecular complexity index is 157. The molecule has 0 bridgehead atoms. The molecule has 2 aliphatic rings. The molecule has 0 aromatic heterocycles. The second kappa shape index (κ2) is 3.00. The van der Waals surface area contributed by atoms with Crippen LogP contribution in [0.2, 0.25) is 0 Å². The smallest absolute Gasteiger partial charge is 0.0459 e. The maximum absolute atomic E-state index is 8.96. The van der Waals surface area contributed by atoms with Gasteiger partial charge in [-0.3, -0.25) is 0 Å². The zero-order valence-corrected chi connectivity index (χ0v) is 7.63. The third-order valence-corrected chi connectivity index (χ3v) is 3.75. The van der Waals surface area contributed by atoms with E-state index in [-0.39, 0.29) is 5.54 Å². The molecule has 0 heterocycles. The molecule has 2 heteroatoms. The Kier molecular flexibility index (Phi) is 2.13. The van der Waals surface area contributed by atoms with Crippen LogP contribution >= 0.6 is 0 Å². The molecule has 0 spiro atoms. The van der Waals surface area contributed by atoms with Gasteiger partial charge in [0, 0.05) is 12.1 Å². The highest BCUT2D eigenvalue weighted by Crippen LogP contribution is 2.46.